The Hall–Kier alpha value is -1.07. The molecule has 0 aliphatic heterocycles. The first-order valence-corrected chi connectivity index (χ1v) is 6.51. The minimum Gasteiger partial charge on any atom is -0.385 e. The zero-order valence-corrected chi connectivity index (χ0v) is 11.9. The number of hydrogen-bond donors (Lipinski definition) is 1. The summed E-state index contributed by atoms with van der Waals surface area (Å²) in [4.78, 5) is 4.46. The van der Waals surface area contributed by atoms with Gasteiger partial charge < -0.3 is 19.4 Å². The quantitative estimate of drug-likeness (QED) is 0.686. The molecule has 0 bridgehead atoms. The topological polar surface area (TPSA) is 48.3 Å². The second-order valence-electron chi connectivity index (χ2n) is 4.59. The van der Waals surface area contributed by atoms with Gasteiger partial charge in [0.05, 0.1) is 18.4 Å². The smallest absolute Gasteiger partial charge is 0.203 e. The van der Waals surface area contributed by atoms with E-state index in [0.717, 1.165) is 37.8 Å². The van der Waals surface area contributed by atoms with E-state index < -0.39 is 0 Å². The van der Waals surface area contributed by atoms with Crippen LogP contribution in [-0.4, -0.2) is 42.5 Å². The van der Waals surface area contributed by atoms with Gasteiger partial charge in [-0.2, -0.15) is 0 Å². The summed E-state index contributed by atoms with van der Waals surface area (Å²) in [5.41, 5.74) is 1.02. The Morgan fingerprint density at radius 1 is 1.39 bits per heavy atom. The zero-order chi connectivity index (χ0) is 13.4. The maximum absolute atomic E-state index is 5.56. The summed E-state index contributed by atoms with van der Waals surface area (Å²) < 4.78 is 12.7. The molecule has 1 heterocycles. The van der Waals surface area contributed by atoms with E-state index in [1.165, 1.54) is 0 Å². The first-order chi connectivity index (χ1) is 8.63. The van der Waals surface area contributed by atoms with E-state index in [2.05, 4.69) is 14.9 Å². The molecule has 5 heteroatoms. The number of anilines is 1. The van der Waals surface area contributed by atoms with Crippen LogP contribution >= 0.6 is 0 Å². The predicted molar refractivity (Wildman–Crippen MR) is 73.0 cm³/mol. The number of rotatable bonds is 9. The molecule has 0 unspecified atom stereocenters. The van der Waals surface area contributed by atoms with Crippen molar-refractivity contribution >= 4 is 5.95 Å². The Balaban J connectivity index is 2.40. The van der Waals surface area contributed by atoms with Gasteiger partial charge in [0.2, 0.25) is 5.95 Å². The monoisotopic (exact) mass is 255 g/mol. The second kappa shape index (κ2) is 8.11. The summed E-state index contributed by atoms with van der Waals surface area (Å²) in [6.45, 7) is 9.26. The molecule has 0 aliphatic rings. The molecule has 0 amide bonds. The van der Waals surface area contributed by atoms with Crippen molar-refractivity contribution in [2.75, 3.05) is 32.2 Å². The number of ether oxygens (including phenoxy) is 2. The molecule has 0 radical (unpaired) electrons. The second-order valence-corrected chi connectivity index (χ2v) is 4.59. The third-order valence-corrected chi connectivity index (χ3v) is 2.49. The molecule has 0 saturated carbocycles. The van der Waals surface area contributed by atoms with Gasteiger partial charge >= 0.3 is 0 Å². The van der Waals surface area contributed by atoms with Crippen molar-refractivity contribution < 1.29 is 9.47 Å². The van der Waals surface area contributed by atoms with Crippen molar-refractivity contribution in [2.45, 2.75) is 39.8 Å². The molecule has 0 atom stereocenters. The zero-order valence-electron chi connectivity index (χ0n) is 11.9. The van der Waals surface area contributed by atoms with Gasteiger partial charge in [0, 0.05) is 33.0 Å². The van der Waals surface area contributed by atoms with Crippen LogP contribution in [0.5, 0.6) is 0 Å². The average molecular weight is 255 g/mol. The van der Waals surface area contributed by atoms with Gasteiger partial charge in [-0.15, -0.1) is 0 Å². The summed E-state index contributed by atoms with van der Waals surface area (Å²) in [6, 6.07) is 0. The van der Waals surface area contributed by atoms with Crippen LogP contribution < -0.4 is 5.32 Å². The van der Waals surface area contributed by atoms with E-state index >= 15 is 0 Å². The fourth-order valence-corrected chi connectivity index (χ4v) is 1.66. The normalized spacial score (nSPS) is 11.2. The number of nitrogens with zero attached hydrogens (tertiary/aromatic N) is 2. The summed E-state index contributed by atoms with van der Waals surface area (Å²) in [6.07, 6.45) is 3.29. The third-order valence-electron chi connectivity index (χ3n) is 2.49. The summed E-state index contributed by atoms with van der Waals surface area (Å²) >= 11 is 0. The lowest BCUT2D eigenvalue weighted by molar-refractivity contribution is 0.0730. The molecule has 18 heavy (non-hydrogen) atoms. The highest BCUT2D eigenvalue weighted by atomic mass is 16.5. The van der Waals surface area contributed by atoms with E-state index in [-0.39, 0.29) is 6.10 Å². The minimum atomic E-state index is 0.271. The van der Waals surface area contributed by atoms with Crippen LogP contribution in [0.15, 0.2) is 6.20 Å². The number of hydrogen-bond acceptors (Lipinski definition) is 4. The minimum absolute atomic E-state index is 0.271. The van der Waals surface area contributed by atoms with E-state index in [1.54, 1.807) is 7.11 Å². The standard InChI is InChI=1S/C13H25N3O2/c1-11(2)18-9-7-16-10-12(3)15-13(16)14-6-5-8-17-4/h10-11H,5-9H2,1-4H3,(H,14,15). The van der Waals surface area contributed by atoms with Crippen molar-refractivity contribution in [1.82, 2.24) is 9.55 Å². The van der Waals surface area contributed by atoms with Crippen molar-refractivity contribution in [2.24, 2.45) is 0 Å². The Kier molecular flexibility index (Phi) is 6.75. The molecule has 0 saturated heterocycles. The van der Waals surface area contributed by atoms with Crippen LogP contribution in [0.4, 0.5) is 5.95 Å². The molecule has 0 aliphatic carbocycles. The van der Waals surface area contributed by atoms with Crippen molar-refractivity contribution in [1.29, 1.82) is 0 Å². The molecule has 1 rings (SSSR count). The van der Waals surface area contributed by atoms with Crippen LogP contribution in [0.3, 0.4) is 0 Å². The van der Waals surface area contributed by atoms with Crippen LogP contribution in [0.25, 0.3) is 0 Å². The largest absolute Gasteiger partial charge is 0.385 e. The highest BCUT2D eigenvalue weighted by Gasteiger charge is 2.05. The van der Waals surface area contributed by atoms with E-state index in [1.807, 2.05) is 27.0 Å². The molecule has 1 aromatic heterocycles. The Morgan fingerprint density at radius 3 is 2.83 bits per heavy atom. The van der Waals surface area contributed by atoms with Crippen LogP contribution in [0, 0.1) is 6.92 Å². The van der Waals surface area contributed by atoms with Crippen LogP contribution in [0.2, 0.25) is 0 Å². The fraction of sp³-hybridized carbons (Fsp3) is 0.769. The lowest BCUT2D eigenvalue weighted by Gasteiger charge is -2.11. The molecule has 1 N–H and O–H groups in total. The predicted octanol–water partition coefficient (Wildman–Crippen LogP) is 2.06. The number of nitrogens with one attached hydrogen (secondary N) is 1. The molecule has 104 valence electrons. The SMILES string of the molecule is COCCCNc1nc(C)cn1CCOC(C)C. The average Bonchev–Trinajstić information content (AvgIpc) is 2.65. The van der Waals surface area contributed by atoms with E-state index in [4.69, 9.17) is 9.47 Å². The third kappa shape index (κ3) is 5.51. The van der Waals surface area contributed by atoms with Gasteiger partial charge in [-0.3, -0.25) is 0 Å². The van der Waals surface area contributed by atoms with Crippen molar-refractivity contribution in [3.05, 3.63) is 11.9 Å². The molecular formula is C13H25N3O2. The number of imidazole rings is 1. The molecule has 1 aromatic rings. The molecule has 0 fully saturated rings. The summed E-state index contributed by atoms with van der Waals surface area (Å²) in [5, 5.41) is 3.32. The Bertz CT molecular complexity index is 337. The van der Waals surface area contributed by atoms with Crippen molar-refractivity contribution in [3.8, 4) is 0 Å². The first kappa shape index (κ1) is 15.0. The number of aromatic nitrogens is 2. The van der Waals surface area contributed by atoms with Crippen LogP contribution in [0.1, 0.15) is 26.0 Å². The highest BCUT2D eigenvalue weighted by Crippen LogP contribution is 2.08. The van der Waals surface area contributed by atoms with E-state index in [0.29, 0.717) is 6.61 Å². The maximum atomic E-state index is 5.56. The Labute approximate surface area is 109 Å². The number of methoxy groups -OCH3 is 1. The summed E-state index contributed by atoms with van der Waals surface area (Å²) in [7, 11) is 1.72. The van der Waals surface area contributed by atoms with Gasteiger partial charge in [0.1, 0.15) is 0 Å². The maximum Gasteiger partial charge on any atom is 0.203 e. The molecule has 0 spiro atoms. The van der Waals surface area contributed by atoms with Gasteiger partial charge in [-0.25, -0.2) is 4.98 Å². The number of aryl methyl sites for hydroxylation is 1. The van der Waals surface area contributed by atoms with Gasteiger partial charge in [0.25, 0.3) is 0 Å². The first-order valence-electron chi connectivity index (χ1n) is 6.51. The van der Waals surface area contributed by atoms with Gasteiger partial charge in [0.15, 0.2) is 0 Å². The van der Waals surface area contributed by atoms with E-state index in [9.17, 15) is 0 Å². The van der Waals surface area contributed by atoms with Gasteiger partial charge in [-0.1, -0.05) is 0 Å². The lowest BCUT2D eigenvalue weighted by Crippen LogP contribution is -2.14. The molecular weight excluding hydrogens is 230 g/mol. The summed E-state index contributed by atoms with van der Waals surface area (Å²) in [5.74, 6) is 0.913. The Morgan fingerprint density at radius 2 is 2.17 bits per heavy atom. The molecule has 0 aromatic carbocycles. The van der Waals surface area contributed by atoms with Gasteiger partial charge in [-0.05, 0) is 27.2 Å². The fourth-order valence-electron chi connectivity index (χ4n) is 1.66. The van der Waals surface area contributed by atoms with Crippen LogP contribution in [-0.2, 0) is 16.0 Å². The van der Waals surface area contributed by atoms with Crippen molar-refractivity contribution in [3.63, 3.8) is 0 Å². The molecule has 5 nitrogen and oxygen atoms in total. The lowest BCUT2D eigenvalue weighted by atomic mass is 10.4. The highest BCUT2D eigenvalue weighted by molar-refractivity contribution is 5.28.